The van der Waals surface area contributed by atoms with Crippen LogP contribution in [-0.4, -0.2) is 26.7 Å². The van der Waals surface area contributed by atoms with Crippen molar-refractivity contribution in [2.75, 3.05) is 4.90 Å². The molecule has 1 amide bonds. The van der Waals surface area contributed by atoms with Gasteiger partial charge in [-0.3, -0.25) is 19.2 Å². The fourth-order valence-electron chi connectivity index (χ4n) is 2.13. The van der Waals surface area contributed by atoms with Gasteiger partial charge >= 0.3 is 0 Å². The second kappa shape index (κ2) is 4.48. The number of hydrogen-bond donors (Lipinski definition) is 0. The van der Waals surface area contributed by atoms with Crippen molar-refractivity contribution in [1.82, 2.24) is 15.0 Å². The normalized spacial score (nSPS) is 14.1. The molecule has 1 aromatic heterocycles. The summed E-state index contributed by atoms with van der Waals surface area (Å²) >= 11 is 3.18. The van der Waals surface area contributed by atoms with E-state index in [1.807, 2.05) is 0 Å². The molecule has 0 N–H and O–H groups in total. The van der Waals surface area contributed by atoms with Gasteiger partial charge in [0.2, 0.25) is 0 Å². The summed E-state index contributed by atoms with van der Waals surface area (Å²) in [4.78, 5) is 25.2. The summed E-state index contributed by atoms with van der Waals surface area (Å²) < 4.78 is 15.2. The Morgan fingerprint density at radius 1 is 1.35 bits per heavy atom. The van der Waals surface area contributed by atoms with Crippen molar-refractivity contribution < 1.29 is 14.0 Å². The Balaban J connectivity index is 2.06. The molecule has 1 aliphatic heterocycles. The van der Waals surface area contributed by atoms with E-state index in [-0.39, 0.29) is 12.1 Å². The number of nitrogens with zero attached hydrogens (tertiary/aromatic N) is 4. The van der Waals surface area contributed by atoms with E-state index >= 15 is 0 Å². The molecule has 0 saturated carbocycles. The average Bonchev–Trinajstić information content (AvgIpc) is 2.88. The summed E-state index contributed by atoms with van der Waals surface area (Å²) in [6.45, 7) is 0.107. The minimum atomic E-state index is -0.718. The van der Waals surface area contributed by atoms with Crippen molar-refractivity contribution in [2.24, 2.45) is 7.05 Å². The highest BCUT2D eigenvalue weighted by atomic mass is 79.9. The molecule has 0 saturated heterocycles. The van der Waals surface area contributed by atoms with E-state index in [1.165, 1.54) is 15.6 Å². The van der Waals surface area contributed by atoms with Crippen molar-refractivity contribution >= 4 is 33.3 Å². The Kier molecular flexibility index (Phi) is 2.89. The molecule has 0 atom stereocenters. The first kappa shape index (κ1) is 12.9. The number of Topliss-reactive ketones (excluding diaryl/α,β-unsaturated/α-hetero) is 1. The summed E-state index contributed by atoms with van der Waals surface area (Å²) in [7, 11) is 1.70. The van der Waals surface area contributed by atoms with Crippen molar-refractivity contribution in [3.05, 3.63) is 39.9 Å². The van der Waals surface area contributed by atoms with Gasteiger partial charge in [0.25, 0.3) is 11.7 Å². The van der Waals surface area contributed by atoms with Gasteiger partial charge in [-0.15, -0.1) is 5.10 Å². The van der Waals surface area contributed by atoms with Crippen LogP contribution < -0.4 is 4.90 Å². The van der Waals surface area contributed by atoms with Crippen LogP contribution in [0.4, 0.5) is 10.1 Å². The van der Waals surface area contributed by atoms with E-state index in [9.17, 15) is 14.0 Å². The van der Waals surface area contributed by atoms with Crippen molar-refractivity contribution in [3.63, 3.8) is 0 Å². The van der Waals surface area contributed by atoms with E-state index < -0.39 is 17.5 Å². The summed E-state index contributed by atoms with van der Waals surface area (Å²) in [5, 5.41) is 7.64. The molecule has 0 unspecified atom stereocenters. The number of aromatic nitrogens is 3. The molecule has 20 heavy (non-hydrogen) atoms. The van der Waals surface area contributed by atoms with Crippen LogP contribution in [0.2, 0.25) is 0 Å². The molecule has 0 fully saturated rings. The third-order valence-electron chi connectivity index (χ3n) is 2.95. The predicted molar refractivity (Wildman–Crippen MR) is 70.6 cm³/mol. The number of amides is 1. The summed E-state index contributed by atoms with van der Waals surface area (Å²) in [5.74, 6) is -1.99. The van der Waals surface area contributed by atoms with Crippen LogP contribution in [0.1, 0.15) is 16.1 Å². The maximum atomic E-state index is 13.3. The van der Waals surface area contributed by atoms with Gasteiger partial charge in [0.05, 0.1) is 17.8 Å². The van der Waals surface area contributed by atoms with Crippen LogP contribution in [0.5, 0.6) is 0 Å². The molecule has 102 valence electrons. The first-order valence-corrected chi connectivity index (χ1v) is 6.47. The molecule has 0 radical (unpaired) electrons. The Morgan fingerprint density at radius 3 is 2.75 bits per heavy atom. The summed E-state index contributed by atoms with van der Waals surface area (Å²) in [5.41, 5.74) is 0.968. The van der Waals surface area contributed by atoms with Gasteiger partial charge < -0.3 is 0 Å². The molecular weight excluding hydrogens is 331 g/mol. The van der Waals surface area contributed by atoms with Gasteiger partial charge in [-0.05, 0) is 28.1 Å². The Morgan fingerprint density at radius 2 is 2.10 bits per heavy atom. The quantitative estimate of drug-likeness (QED) is 0.777. The smallest absolute Gasteiger partial charge is 0.297 e. The number of rotatable bonds is 2. The van der Waals surface area contributed by atoms with Gasteiger partial charge in [-0.25, -0.2) is 4.39 Å². The molecule has 2 aromatic rings. The van der Waals surface area contributed by atoms with E-state index in [0.29, 0.717) is 15.9 Å². The SMILES string of the molecule is Cn1cc(CN2C(=O)C(=O)c3cc(F)cc(Br)c32)nn1. The van der Waals surface area contributed by atoms with E-state index in [0.717, 1.165) is 6.07 Å². The van der Waals surface area contributed by atoms with Crippen molar-refractivity contribution in [1.29, 1.82) is 0 Å². The molecule has 8 heteroatoms. The van der Waals surface area contributed by atoms with Crippen LogP contribution in [0.3, 0.4) is 0 Å². The fraction of sp³-hybridized carbons (Fsp3) is 0.167. The van der Waals surface area contributed by atoms with Gasteiger partial charge in [-0.1, -0.05) is 5.21 Å². The van der Waals surface area contributed by atoms with Crippen LogP contribution in [0.25, 0.3) is 0 Å². The molecule has 1 aliphatic rings. The lowest BCUT2D eigenvalue weighted by Crippen LogP contribution is -2.29. The Labute approximate surface area is 121 Å². The number of carbonyl (C=O) groups is 2. The third-order valence-corrected chi connectivity index (χ3v) is 3.56. The van der Waals surface area contributed by atoms with Gasteiger partial charge in [0.1, 0.15) is 11.5 Å². The number of ketones is 1. The van der Waals surface area contributed by atoms with Gasteiger partial charge in [0.15, 0.2) is 0 Å². The minimum Gasteiger partial charge on any atom is -0.297 e. The highest BCUT2D eigenvalue weighted by Gasteiger charge is 2.38. The number of fused-ring (bicyclic) bond motifs is 1. The van der Waals surface area contributed by atoms with Crippen LogP contribution in [0.15, 0.2) is 22.8 Å². The predicted octanol–water partition coefficient (Wildman–Crippen LogP) is 1.45. The molecule has 2 heterocycles. The molecule has 1 aromatic carbocycles. The number of hydrogen-bond acceptors (Lipinski definition) is 4. The molecule has 0 aliphatic carbocycles. The largest absolute Gasteiger partial charge is 0.299 e. The van der Waals surface area contributed by atoms with E-state index in [4.69, 9.17) is 0 Å². The van der Waals surface area contributed by atoms with E-state index in [1.54, 1.807) is 13.2 Å². The molecule has 3 rings (SSSR count). The Hall–Kier alpha value is -2.09. The zero-order valence-electron chi connectivity index (χ0n) is 10.3. The third kappa shape index (κ3) is 1.92. The highest BCUT2D eigenvalue weighted by Crippen LogP contribution is 2.37. The molecule has 0 spiro atoms. The summed E-state index contributed by atoms with van der Waals surface area (Å²) in [6, 6.07) is 2.28. The lowest BCUT2D eigenvalue weighted by Gasteiger charge is -2.16. The first-order valence-electron chi connectivity index (χ1n) is 5.68. The van der Waals surface area contributed by atoms with Crippen molar-refractivity contribution in [3.8, 4) is 0 Å². The second-order valence-corrected chi connectivity index (χ2v) is 5.24. The number of aryl methyl sites for hydroxylation is 1. The van der Waals surface area contributed by atoms with E-state index in [2.05, 4.69) is 26.2 Å². The lowest BCUT2D eigenvalue weighted by atomic mass is 10.1. The lowest BCUT2D eigenvalue weighted by molar-refractivity contribution is -0.114. The van der Waals surface area contributed by atoms with Crippen molar-refractivity contribution in [2.45, 2.75) is 6.54 Å². The maximum Gasteiger partial charge on any atom is 0.299 e. The zero-order chi connectivity index (χ0) is 14.4. The van der Waals surface area contributed by atoms with Gasteiger partial charge in [-0.2, -0.15) is 0 Å². The standard InChI is InChI=1S/C12H8BrFN4O2/c1-17-4-7(15-16-17)5-18-10-8(11(19)12(18)20)2-6(14)3-9(10)13/h2-4H,5H2,1H3. The average molecular weight is 339 g/mol. The highest BCUT2D eigenvalue weighted by molar-refractivity contribution is 9.10. The van der Waals surface area contributed by atoms with Crippen LogP contribution in [-0.2, 0) is 18.4 Å². The number of benzene rings is 1. The zero-order valence-corrected chi connectivity index (χ0v) is 11.9. The number of carbonyl (C=O) groups excluding carboxylic acids is 2. The molecule has 0 bridgehead atoms. The minimum absolute atomic E-state index is 0.0609. The topological polar surface area (TPSA) is 68.1 Å². The monoisotopic (exact) mass is 338 g/mol. The van der Waals surface area contributed by atoms with Crippen LogP contribution in [0, 0.1) is 5.82 Å². The first-order chi connectivity index (χ1) is 9.47. The fourth-order valence-corrected chi connectivity index (χ4v) is 2.78. The van der Waals surface area contributed by atoms with Gasteiger partial charge in [0, 0.05) is 17.7 Å². The molecule has 6 nitrogen and oxygen atoms in total. The van der Waals surface area contributed by atoms with Crippen LogP contribution >= 0.6 is 15.9 Å². The number of halogens is 2. The maximum absolute atomic E-state index is 13.3. The number of anilines is 1. The molecular formula is C12H8BrFN4O2. The Bertz CT molecular complexity index is 743. The summed E-state index contributed by atoms with van der Waals surface area (Å²) in [6.07, 6.45) is 1.65. The second-order valence-electron chi connectivity index (χ2n) is 4.39.